The van der Waals surface area contributed by atoms with Crippen LogP contribution in [-0.4, -0.2) is 53.9 Å². The van der Waals surface area contributed by atoms with E-state index in [1.54, 1.807) is 17.0 Å². The molecule has 0 bridgehead atoms. The number of hydrogen-bond donors (Lipinski definition) is 0. The van der Waals surface area contributed by atoms with Crippen molar-refractivity contribution < 1.29 is 9.72 Å². The van der Waals surface area contributed by atoms with Gasteiger partial charge >= 0.3 is 0 Å². The van der Waals surface area contributed by atoms with Crippen LogP contribution in [0.3, 0.4) is 0 Å². The fraction of sp³-hybridized carbons (Fsp3) is 0.278. The molecule has 26 heavy (non-hydrogen) atoms. The maximum absolute atomic E-state index is 12.7. The van der Waals surface area contributed by atoms with Gasteiger partial charge in [0.05, 0.1) is 9.82 Å². The number of nitro groups is 1. The molecule has 0 spiro atoms. The molecular weight excluding hydrogens is 418 g/mol. The van der Waals surface area contributed by atoms with Crippen molar-refractivity contribution in [3.63, 3.8) is 0 Å². The fourth-order valence-electron chi connectivity index (χ4n) is 2.70. The van der Waals surface area contributed by atoms with E-state index in [1.807, 2.05) is 31.3 Å². The van der Waals surface area contributed by atoms with Gasteiger partial charge in [-0.3, -0.25) is 14.9 Å². The molecule has 1 heterocycles. The Bertz CT molecular complexity index is 821. The minimum atomic E-state index is -0.429. The SMILES string of the molecule is CN1CCN(C(=O)c2ccc(Sc3ccc(Br)cc3)c([N+](=O)[O-])c2)CC1. The third-order valence-electron chi connectivity index (χ3n) is 4.23. The molecule has 0 atom stereocenters. The fourth-order valence-corrected chi connectivity index (χ4v) is 3.87. The number of nitrogens with zero attached hydrogens (tertiary/aromatic N) is 3. The van der Waals surface area contributed by atoms with E-state index in [9.17, 15) is 14.9 Å². The summed E-state index contributed by atoms with van der Waals surface area (Å²) in [5.74, 6) is -0.151. The highest BCUT2D eigenvalue weighted by Crippen LogP contribution is 2.36. The van der Waals surface area contributed by atoms with Gasteiger partial charge in [0, 0.05) is 47.2 Å². The summed E-state index contributed by atoms with van der Waals surface area (Å²) in [6.07, 6.45) is 0. The number of nitro benzene ring substituents is 1. The largest absolute Gasteiger partial charge is 0.336 e. The van der Waals surface area contributed by atoms with E-state index in [4.69, 9.17) is 0 Å². The minimum Gasteiger partial charge on any atom is -0.336 e. The summed E-state index contributed by atoms with van der Waals surface area (Å²) >= 11 is 4.69. The number of amides is 1. The van der Waals surface area contributed by atoms with E-state index in [2.05, 4.69) is 20.8 Å². The van der Waals surface area contributed by atoms with Crippen molar-refractivity contribution in [3.05, 3.63) is 62.6 Å². The number of hydrogen-bond acceptors (Lipinski definition) is 5. The Balaban J connectivity index is 1.83. The molecule has 136 valence electrons. The van der Waals surface area contributed by atoms with Gasteiger partial charge in [-0.15, -0.1) is 0 Å². The van der Waals surface area contributed by atoms with Crippen LogP contribution in [0.25, 0.3) is 0 Å². The monoisotopic (exact) mass is 435 g/mol. The van der Waals surface area contributed by atoms with Crippen molar-refractivity contribution in [2.75, 3.05) is 33.2 Å². The minimum absolute atomic E-state index is 0.0436. The number of carbonyl (C=O) groups is 1. The topological polar surface area (TPSA) is 66.7 Å². The molecule has 0 unspecified atom stereocenters. The molecule has 0 N–H and O–H groups in total. The van der Waals surface area contributed by atoms with Crippen molar-refractivity contribution in [1.29, 1.82) is 0 Å². The molecule has 0 radical (unpaired) electrons. The number of carbonyl (C=O) groups excluding carboxylic acids is 1. The van der Waals surface area contributed by atoms with Gasteiger partial charge in [-0.2, -0.15) is 0 Å². The normalized spacial score (nSPS) is 15.1. The Kier molecular flexibility index (Phi) is 5.95. The van der Waals surface area contributed by atoms with Gasteiger partial charge in [-0.25, -0.2) is 0 Å². The zero-order valence-corrected chi connectivity index (χ0v) is 16.6. The Morgan fingerprint density at radius 1 is 1.12 bits per heavy atom. The Morgan fingerprint density at radius 2 is 1.77 bits per heavy atom. The van der Waals surface area contributed by atoms with Gasteiger partial charge < -0.3 is 9.80 Å². The van der Waals surface area contributed by atoms with Gasteiger partial charge in [0.2, 0.25) is 0 Å². The molecule has 6 nitrogen and oxygen atoms in total. The molecule has 2 aromatic rings. The first-order chi connectivity index (χ1) is 12.4. The standard InChI is InChI=1S/C18H18BrN3O3S/c1-20-8-10-21(11-9-20)18(23)13-2-7-17(16(12-13)22(24)25)26-15-5-3-14(19)4-6-15/h2-7,12H,8-11H2,1H3. The van der Waals surface area contributed by atoms with Crippen LogP contribution < -0.4 is 0 Å². The van der Waals surface area contributed by atoms with Crippen molar-refractivity contribution in [2.45, 2.75) is 9.79 Å². The molecule has 2 aromatic carbocycles. The third kappa shape index (κ3) is 4.44. The van der Waals surface area contributed by atoms with Crippen LogP contribution in [0.4, 0.5) is 5.69 Å². The maximum atomic E-state index is 12.7. The maximum Gasteiger partial charge on any atom is 0.284 e. The highest BCUT2D eigenvalue weighted by atomic mass is 79.9. The van der Waals surface area contributed by atoms with Crippen molar-refractivity contribution >= 4 is 39.3 Å². The summed E-state index contributed by atoms with van der Waals surface area (Å²) in [6.45, 7) is 2.90. The van der Waals surface area contributed by atoms with E-state index in [-0.39, 0.29) is 11.6 Å². The number of likely N-dealkylation sites (N-methyl/N-ethyl adjacent to an activating group) is 1. The lowest BCUT2D eigenvalue weighted by molar-refractivity contribution is -0.387. The molecule has 3 rings (SSSR count). The molecule has 0 aromatic heterocycles. The van der Waals surface area contributed by atoms with Gasteiger partial charge in [-0.1, -0.05) is 27.7 Å². The summed E-state index contributed by atoms with van der Waals surface area (Å²) in [5, 5.41) is 11.5. The molecule has 1 aliphatic rings. The van der Waals surface area contributed by atoms with Crippen LogP contribution in [0, 0.1) is 10.1 Å². The average molecular weight is 436 g/mol. The zero-order valence-electron chi connectivity index (χ0n) is 14.2. The Hall–Kier alpha value is -1.90. The first kappa shape index (κ1) is 18.9. The summed E-state index contributed by atoms with van der Waals surface area (Å²) in [6, 6.07) is 12.3. The molecular formula is C18H18BrN3O3S. The van der Waals surface area contributed by atoms with E-state index in [0.717, 1.165) is 22.5 Å². The van der Waals surface area contributed by atoms with Crippen LogP contribution in [0.5, 0.6) is 0 Å². The first-order valence-corrected chi connectivity index (χ1v) is 9.74. The molecule has 1 saturated heterocycles. The lowest BCUT2D eigenvalue weighted by atomic mass is 10.1. The molecule has 8 heteroatoms. The van der Waals surface area contributed by atoms with Gasteiger partial charge in [0.1, 0.15) is 0 Å². The predicted octanol–water partition coefficient (Wildman–Crippen LogP) is 3.90. The van der Waals surface area contributed by atoms with Crippen LogP contribution in [0.1, 0.15) is 10.4 Å². The molecule has 0 aliphatic carbocycles. The number of benzene rings is 2. The summed E-state index contributed by atoms with van der Waals surface area (Å²) < 4.78 is 0.949. The van der Waals surface area contributed by atoms with E-state index >= 15 is 0 Å². The number of halogens is 1. The van der Waals surface area contributed by atoms with Gasteiger partial charge in [-0.05, 0) is 43.4 Å². The second kappa shape index (κ2) is 8.20. The second-order valence-electron chi connectivity index (χ2n) is 6.09. The smallest absolute Gasteiger partial charge is 0.284 e. The second-order valence-corrected chi connectivity index (χ2v) is 8.12. The van der Waals surface area contributed by atoms with E-state index in [0.29, 0.717) is 23.5 Å². The lowest BCUT2D eigenvalue weighted by Gasteiger charge is -2.32. The molecule has 1 fully saturated rings. The third-order valence-corrected chi connectivity index (χ3v) is 5.84. The Morgan fingerprint density at radius 3 is 2.38 bits per heavy atom. The van der Waals surface area contributed by atoms with Gasteiger partial charge in [0.25, 0.3) is 11.6 Å². The van der Waals surface area contributed by atoms with Crippen LogP contribution in [0.15, 0.2) is 56.7 Å². The first-order valence-electron chi connectivity index (χ1n) is 8.14. The predicted molar refractivity (Wildman–Crippen MR) is 105 cm³/mol. The highest BCUT2D eigenvalue weighted by molar-refractivity contribution is 9.10. The average Bonchev–Trinajstić information content (AvgIpc) is 2.64. The van der Waals surface area contributed by atoms with E-state index in [1.165, 1.54) is 17.8 Å². The molecule has 1 amide bonds. The van der Waals surface area contributed by atoms with E-state index < -0.39 is 4.92 Å². The zero-order chi connectivity index (χ0) is 18.7. The number of rotatable bonds is 4. The molecule has 1 aliphatic heterocycles. The van der Waals surface area contributed by atoms with Crippen LogP contribution in [-0.2, 0) is 0 Å². The highest BCUT2D eigenvalue weighted by Gasteiger charge is 2.24. The van der Waals surface area contributed by atoms with Crippen LogP contribution >= 0.6 is 27.7 Å². The van der Waals surface area contributed by atoms with Crippen molar-refractivity contribution in [2.24, 2.45) is 0 Å². The van der Waals surface area contributed by atoms with Crippen molar-refractivity contribution in [1.82, 2.24) is 9.80 Å². The summed E-state index contributed by atoms with van der Waals surface area (Å²) in [7, 11) is 2.01. The van der Waals surface area contributed by atoms with Crippen molar-refractivity contribution in [3.8, 4) is 0 Å². The Labute approximate surface area is 164 Å². The lowest BCUT2D eigenvalue weighted by Crippen LogP contribution is -2.47. The summed E-state index contributed by atoms with van der Waals surface area (Å²) in [5.41, 5.74) is 0.319. The quantitative estimate of drug-likeness (QED) is 0.538. The van der Waals surface area contributed by atoms with Crippen LogP contribution in [0.2, 0.25) is 0 Å². The molecule has 0 saturated carbocycles. The summed E-state index contributed by atoms with van der Waals surface area (Å²) in [4.78, 5) is 29.1. The number of piperazine rings is 1. The van der Waals surface area contributed by atoms with Gasteiger partial charge in [0.15, 0.2) is 0 Å².